The van der Waals surface area contributed by atoms with E-state index >= 15 is 0 Å². The number of anilines is 1. The van der Waals surface area contributed by atoms with Gasteiger partial charge in [0, 0.05) is 43.4 Å². The second kappa shape index (κ2) is 9.20. The summed E-state index contributed by atoms with van der Waals surface area (Å²) >= 11 is 0. The molecule has 0 radical (unpaired) electrons. The van der Waals surface area contributed by atoms with Gasteiger partial charge in [-0.3, -0.25) is 4.79 Å². The van der Waals surface area contributed by atoms with Crippen molar-refractivity contribution in [2.45, 2.75) is 13.8 Å². The second-order valence-corrected chi connectivity index (χ2v) is 5.21. The van der Waals surface area contributed by atoms with Crippen LogP contribution in [0.4, 0.5) is 5.69 Å². The number of fused-ring (bicyclic) bond motifs is 1. The molecule has 6 heteroatoms. The third kappa shape index (κ3) is 4.66. The van der Waals surface area contributed by atoms with Crippen LogP contribution in [-0.4, -0.2) is 45.8 Å². The molecule has 0 amide bonds. The van der Waals surface area contributed by atoms with E-state index in [-0.39, 0.29) is 5.56 Å². The summed E-state index contributed by atoms with van der Waals surface area (Å²) < 4.78 is 16.1. The Morgan fingerprint density at radius 1 is 1.08 bits per heavy atom. The Bertz CT molecular complexity index is 715. The van der Waals surface area contributed by atoms with Crippen molar-refractivity contribution in [3.05, 3.63) is 40.2 Å². The maximum atomic E-state index is 11.7. The van der Waals surface area contributed by atoms with Crippen LogP contribution in [0.15, 0.2) is 33.5 Å². The Morgan fingerprint density at radius 2 is 1.75 bits per heavy atom. The predicted molar refractivity (Wildman–Crippen MR) is 93.1 cm³/mol. The van der Waals surface area contributed by atoms with E-state index in [1.54, 1.807) is 6.07 Å². The largest absolute Gasteiger partial charge is 0.422 e. The molecule has 0 atom stereocenters. The summed E-state index contributed by atoms with van der Waals surface area (Å²) in [5.74, 6) is 0. The maximum absolute atomic E-state index is 11.7. The van der Waals surface area contributed by atoms with Gasteiger partial charge in [0.05, 0.1) is 13.2 Å². The average molecular weight is 333 g/mol. The first-order chi connectivity index (χ1) is 11.7. The summed E-state index contributed by atoms with van der Waals surface area (Å²) in [6, 6.07) is 7.13. The first kappa shape index (κ1) is 18.2. The molecule has 1 aromatic carbocycles. The molecule has 0 aliphatic rings. The summed E-state index contributed by atoms with van der Waals surface area (Å²) in [5.41, 5.74) is 0.787. The van der Waals surface area contributed by atoms with Crippen LogP contribution in [0.2, 0.25) is 0 Å². The quantitative estimate of drug-likeness (QED) is 0.378. The van der Waals surface area contributed by atoms with Crippen molar-refractivity contribution in [2.24, 2.45) is 0 Å². The van der Waals surface area contributed by atoms with Crippen molar-refractivity contribution >= 4 is 22.9 Å². The molecular weight excluding hydrogens is 310 g/mol. The Morgan fingerprint density at radius 3 is 2.33 bits per heavy atom. The van der Waals surface area contributed by atoms with Crippen molar-refractivity contribution in [3.8, 4) is 0 Å². The molecule has 0 saturated heterocycles. The number of carbonyl (C=O) groups excluding carboxylic acids is 1. The lowest BCUT2D eigenvalue weighted by molar-refractivity contribution is 0.112. The van der Waals surface area contributed by atoms with Crippen LogP contribution in [0, 0.1) is 0 Å². The fourth-order valence-corrected chi connectivity index (χ4v) is 2.40. The Balaban J connectivity index is 2.26. The first-order valence-corrected chi connectivity index (χ1v) is 8.13. The van der Waals surface area contributed by atoms with Crippen LogP contribution in [0.3, 0.4) is 0 Å². The zero-order valence-electron chi connectivity index (χ0n) is 14.1. The SMILES string of the molecule is CCOCCN(CCOCC)c1ccc2cc(C=O)c(=O)oc2c1. The lowest BCUT2D eigenvalue weighted by Gasteiger charge is -2.24. The van der Waals surface area contributed by atoms with Gasteiger partial charge in [-0.25, -0.2) is 4.79 Å². The highest BCUT2D eigenvalue weighted by atomic mass is 16.5. The van der Waals surface area contributed by atoms with Crippen LogP contribution in [-0.2, 0) is 9.47 Å². The van der Waals surface area contributed by atoms with E-state index in [1.165, 1.54) is 0 Å². The zero-order valence-corrected chi connectivity index (χ0v) is 14.1. The van der Waals surface area contributed by atoms with Crippen molar-refractivity contribution in [1.82, 2.24) is 0 Å². The molecule has 1 aromatic heterocycles. The molecule has 24 heavy (non-hydrogen) atoms. The molecule has 6 nitrogen and oxygen atoms in total. The number of benzene rings is 1. The van der Waals surface area contributed by atoms with Gasteiger partial charge < -0.3 is 18.8 Å². The van der Waals surface area contributed by atoms with Gasteiger partial charge >= 0.3 is 5.63 Å². The minimum atomic E-state index is -0.621. The Labute approximate surface area is 141 Å². The van der Waals surface area contributed by atoms with Gasteiger partial charge in [0.2, 0.25) is 0 Å². The molecule has 2 aromatic rings. The maximum Gasteiger partial charge on any atom is 0.346 e. The molecule has 0 aliphatic carbocycles. The van der Waals surface area contributed by atoms with E-state index in [1.807, 2.05) is 32.0 Å². The molecule has 2 rings (SSSR count). The van der Waals surface area contributed by atoms with E-state index in [2.05, 4.69) is 4.90 Å². The number of hydrogen-bond donors (Lipinski definition) is 0. The van der Waals surface area contributed by atoms with Crippen molar-refractivity contribution in [1.29, 1.82) is 0 Å². The molecule has 0 bridgehead atoms. The number of carbonyl (C=O) groups is 1. The van der Waals surface area contributed by atoms with Gasteiger partial charge in [0.25, 0.3) is 0 Å². The van der Waals surface area contributed by atoms with Gasteiger partial charge in [0.1, 0.15) is 11.1 Å². The highest BCUT2D eigenvalue weighted by molar-refractivity contribution is 5.86. The molecule has 130 valence electrons. The van der Waals surface area contributed by atoms with E-state index in [4.69, 9.17) is 13.9 Å². The summed E-state index contributed by atoms with van der Waals surface area (Å²) in [7, 11) is 0. The average Bonchev–Trinajstić information content (AvgIpc) is 2.59. The second-order valence-electron chi connectivity index (χ2n) is 5.21. The van der Waals surface area contributed by atoms with Gasteiger partial charge in [-0.1, -0.05) is 0 Å². The molecule has 0 aliphatic heterocycles. The number of ether oxygens (including phenoxy) is 2. The summed E-state index contributed by atoms with van der Waals surface area (Å²) in [6.07, 6.45) is 0.510. The van der Waals surface area contributed by atoms with Gasteiger partial charge in [-0.15, -0.1) is 0 Å². The topological polar surface area (TPSA) is 69.0 Å². The smallest absolute Gasteiger partial charge is 0.346 e. The van der Waals surface area contributed by atoms with Crippen LogP contribution >= 0.6 is 0 Å². The molecular formula is C18H23NO5. The minimum absolute atomic E-state index is 0.0276. The number of aldehydes is 1. The highest BCUT2D eigenvalue weighted by Gasteiger charge is 2.10. The lowest BCUT2D eigenvalue weighted by atomic mass is 10.1. The molecule has 0 unspecified atom stereocenters. The van der Waals surface area contributed by atoms with Gasteiger partial charge in [0.15, 0.2) is 6.29 Å². The van der Waals surface area contributed by atoms with Crippen molar-refractivity contribution < 1.29 is 18.7 Å². The fourth-order valence-electron chi connectivity index (χ4n) is 2.40. The van der Waals surface area contributed by atoms with Crippen molar-refractivity contribution in [3.63, 3.8) is 0 Å². The third-order valence-corrected chi connectivity index (χ3v) is 3.66. The summed E-state index contributed by atoms with van der Waals surface area (Å²) in [5, 5.41) is 0.718. The van der Waals surface area contributed by atoms with Gasteiger partial charge in [-0.05, 0) is 32.0 Å². The van der Waals surface area contributed by atoms with E-state index in [0.717, 1.165) is 11.1 Å². The summed E-state index contributed by atoms with van der Waals surface area (Å²) in [4.78, 5) is 24.7. The standard InChI is InChI=1S/C18H23NO5/c1-3-22-9-7-19(8-10-23-4-2)16-6-5-14-11-15(13-20)18(21)24-17(14)12-16/h5-6,11-13H,3-4,7-10H2,1-2H3. The van der Waals surface area contributed by atoms with E-state index in [9.17, 15) is 9.59 Å². The number of nitrogens with zero attached hydrogens (tertiary/aromatic N) is 1. The third-order valence-electron chi connectivity index (χ3n) is 3.66. The molecule has 0 spiro atoms. The normalized spacial score (nSPS) is 10.9. The van der Waals surface area contributed by atoms with Crippen LogP contribution < -0.4 is 10.5 Å². The lowest BCUT2D eigenvalue weighted by Crippen LogP contribution is -2.31. The summed E-state index contributed by atoms with van der Waals surface area (Å²) in [6.45, 7) is 7.88. The number of hydrogen-bond acceptors (Lipinski definition) is 6. The Kier molecular flexibility index (Phi) is 6.96. The van der Waals surface area contributed by atoms with Crippen LogP contribution in [0.25, 0.3) is 11.0 Å². The first-order valence-electron chi connectivity index (χ1n) is 8.13. The highest BCUT2D eigenvalue weighted by Crippen LogP contribution is 2.21. The molecule has 0 N–H and O–H groups in total. The zero-order chi connectivity index (χ0) is 17.4. The molecule has 1 heterocycles. The monoisotopic (exact) mass is 333 g/mol. The van der Waals surface area contributed by atoms with Gasteiger partial charge in [-0.2, -0.15) is 0 Å². The predicted octanol–water partition coefficient (Wildman–Crippen LogP) is 2.48. The molecule has 0 fully saturated rings. The minimum Gasteiger partial charge on any atom is -0.422 e. The van der Waals surface area contributed by atoms with Crippen LogP contribution in [0.1, 0.15) is 24.2 Å². The fraction of sp³-hybridized carbons (Fsp3) is 0.444. The van der Waals surface area contributed by atoms with E-state index in [0.29, 0.717) is 51.4 Å². The van der Waals surface area contributed by atoms with E-state index < -0.39 is 5.63 Å². The molecule has 0 saturated carbocycles. The number of rotatable bonds is 10. The van der Waals surface area contributed by atoms with Crippen LogP contribution in [0.5, 0.6) is 0 Å². The Hall–Kier alpha value is -2.18. The van der Waals surface area contributed by atoms with Crippen molar-refractivity contribution in [2.75, 3.05) is 44.4 Å².